The molecule has 3 aliphatic rings. The lowest BCUT2D eigenvalue weighted by Gasteiger charge is -2.24. The molecule has 2 aromatic carbocycles. The summed E-state index contributed by atoms with van der Waals surface area (Å²) in [6.07, 6.45) is 1.92. The van der Waals surface area contributed by atoms with Crippen LogP contribution in [0.3, 0.4) is 0 Å². The number of likely N-dealkylation sites (N-methyl/N-ethyl adjacent to an activating group) is 2. The van der Waals surface area contributed by atoms with Crippen molar-refractivity contribution in [2.45, 2.75) is 18.9 Å². The van der Waals surface area contributed by atoms with Crippen molar-refractivity contribution < 1.29 is 24.3 Å². The van der Waals surface area contributed by atoms with Crippen molar-refractivity contribution in [3.63, 3.8) is 0 Å². The second-order valence-electron chi connectivity index (χ2n) is 9.81. The van der Waals surface area contributed by atoms with E-state index < -0.39 is 18.0 Å². The predicted octanol–water partition coefficient (Wildman–Crippen LogP) is 1.34. The Bertz CT molecular complexity index is 1350. The summed E-state index contributed by atoms with van der Waals surface area (Å²) in [5.41, 5.74) is 3.40. The third-order valence-electron chi connectivity index (χ3n) is 7.00. The van der Waals surface area contributed by atoms with Crippen molar-refractivity contribution in [2.24, 2.45) is 5.16 Å². The summed E-state index contributed by atoms with van der Waals surface area (Å²) in [6, 6.07) is 11.5. The van der Waals surface area contributed by atoms with E-state index in [4.69, 9.17) is 4.74 Å². The van der Waals surface area contributed by atoms with Crippen LogP contribution in [0.25, 0.3) is 0 Å². The van der Waals surface area contributed by atoms with Gasteiger partial charge in [0.25, 0.3) is 11.8 Å². The lowest BCUT2D eigenvalue weighted by molar-refractivity contribution is -0.119. The minimum atomic E-state index is -0.828. The Kier molecular flexibility index (Phi) is 9.24. The van der Waals surface area contributed by atoms with Crippen LogP contribution in [0.5, 0.6) is 5.75 Å². The first-order valence-electron chi connectivity index (χ1n) is 13.1. The van der Waals surface area contributed by atoms with E-state index in [0.717, 1.165) is 68.0 Å². The van der Waals surface area contributed by atoms with E-state index in [1.165, 1.54) is 0 Å². The van der Waals surface area contributed by atoms with E-state index in [-0.39, 0.29) is 5.91 Å². The SMILES string of the molecule is CN1CCCN(/C(=N\O)c2ccc(C#C[C@@H]3NC(=O)NC3=O)cc2)CC1.COc1ccc2c(c1)CCN(C)C2=O. The van der Waals surface area contributed by atoms with Crippen LogP contribution in [0.15, 0.2) is 47.6 Å². The van der Waals surface area contributed by atoms with Crippen molar-refractivity contribution in [2.75, 3.05) is 53.9 Å². The normalized spacial score (nSPS) is 19.3. The summed E-state index contributed by atoms with van der Waals surface area (Å²) in [4.78, 5) is 40.3. The maximum atomic E-state index is 11.7. The molecule has 0 saturated carbocycles. The van der Waals surface area contributed by atoms with Crippen LogP contribution < -0.4 is 15.4 Å². The molecule has 11 nitrogen and oxygen atoms in total. The molecule has 210 valence electrons. The summed E-state index contributed by atoms with van der Waals surface area (Å²) in [7, 11) is 5.55. The van der Waals surface area contributed by atoms with Gasteiger partial charge in [-0.05, 0) is 74.5 Å². The minimum Gasteiger partial charge on any atom is -0.497 e. The number of carbonyl (C=O) groups is 3. The van der Waals surface area contributed by atoms with Crippen molar-refractivity contribution in [3.8, 4) is 17.6 Å². The fourth-order valence-electron chi connectivity index (χ4n) is 4.65. The van der Waals surface area contributed by atoms with Gasteiger partial charge in [-0.2, -0.15) is 0 Å². The number of hydrogen-bond acceptors (Lipinski definition) is 7. The number of fused-ring (bicyclic) bond motifs is 1. The zero-order valence-electron chi connectivity index (χ0n) is 22.9. The molecule has 3 heterocycles. The summed E-state index contributed by atoms with van der Waals surface area (Å²) in [5.74, 6) is 6.62. The predicted molar refractivity (Wildman–Crippen MR) is 149 cm³/mol. The van der Waals surface area contributed by atoms with E-state index in [1.54, 1.807) is 24.1 Å². The van der Waals surface area contributed by atoms with Gasteiger partial charge >= 0.3 is 6.03 Å². The quantitative estimate of drug-likeness (QED) is 0.130. The van der Waals surface area contributed by atoms with Crippen molar-refractivity contribution in [1.82, 2.24) is 25.3 Å². The monoisotopic (exact) mass is 546 g/mol. The molecule has 2 fully saturated rings. The summed E-state index contributed by atoms with van der Waals surface area (Å²) < 4.78 is 5.12. The molecule has 1 atom stereocenters. The fourth-order valence-corrected chi connectivity index (χ4v) is 4.65. The molecule has 5 rings (SSSR count). The number of methoxy groups -OCH3 is 1. The number of hydrogen-bond donors (Lipinski definition) is 3. The smallest absolute Gasteiger partial charge is 0.322 e. The molecule has 0 radical (unpaired) electrons. The molecular formula is C29H34N6O5. The number of nitrogens with one attached hydrogen (secondary N) is 2. The standard InChI is InChI=1S/C18H21N5O3.C11H13NO2/c1-22-9-2-10-23(12-11-22)16(21-26)14-6-3-13(4-7-14)5-8-15-17(24)20-18(25)19-15;1-12-6-5-8-7-9(14-2)3-4-10(8)11(12)13/h3-4,6-7,15,26H,2,9-12H2,1H3,(H2,19,20,24,25);3-4,7H,5-6H2,1-2H3/b21-16-;/t15-;/m0./s1. The number of oxime groups is 1. The van der Waals surface area contributed by atoms with Crippen LogP contribution in [0.4, 0.5) is 4.79 Å². The molecule has 0 unspecified atom stereocenters. The molecule has 4 amide bonds. The van der Waals surface area contributed by atoms with Gasteiger partial charge in [-0.15, -0.1) is 0 Å². The average Bonchev–Trinajstić information content (AvgIpc) is 3.14. The molecule has 40 heavy (non-hydrogen) atoms. The van der Waals surface area contributed by atoms with Crippen molar-refractivity contribution >= 4 is 23.7 Å². The number of carbonyl (C=O) groups excluding carboxylic acids is 3. The maximum absolute atomic E-state index is 11.7. The van der Waals surface area contributed by atoms with E-state index in [1.807, 2.05) is 37.4 Å². The van der Waals surface area contributed by atoms with Gasteiger partial charge in [0.1, 0.15) is 5.75 Å². The van der Waals surface area contributed by atoms with E-state index >= 15 is 0 Å². The van der Waals surface area contributed by atoms with Crippen LogP contribution in [0.1, 0.15) is 33.5 Å². The summed E-state index contributed by atoms with van der Waals surface area (Å²) >= 11 is 0. The number of amides is 4. The van der Waals surface area contributed by atoms with E-state index in [2.05, 4.69) is 44.5 Å². The molecule has 3 aliphatic heterocycles. The van der Waals surface area contributed by atoms with Gasteiger partial charge in [0.05, 0.1) is 7.11 Å². The van der Waals surface area contributed by atoms with E-state index in [9.17, 15) is 19.6 Å². The molecule has 0 aromatic heterocycles. The lowest BCUT2D eigenvalue weighted by atomic mass is 9.99. The van der Waals surface area contributed by atoms with Crippen LogP contribution in [0.2, 0.25) is 0 Å². The molecule has 3 N–H and O–H groups in total. The first-order valence-corrected chi connectivity index (χ1v) is 13.1. The Morgan fingerprint density at radius 3 is 2.48 bits per heavy atom. The largest absolute Gasteiger partial charge is 0.497 e. The first kappa shape index (κ1) is 28.4. The molecule has 11 heteroatoms. The number of ether oxygens (including phenoxy) is 1. The van der Waals surface area contributed by atoms with Gasteiger partial charge in [-0.3, -0.25) is 14.9 Å². The fraction of sp³-hybridized carbons (Fsp3) is 0.379. The first-order chi connectivity index (χ1) is 19.3. The highest BCUT2D eigenvalue weighted by Gasteiger charge is 2.27. The van der Waals surface area contributed by atoms with E-state index in [0.29, 0.717) is 11.4 Å². The van der Waals surface area contributed by atoms with Gasteiger partial charge in [0, 0.05) is 49.9 Å². The zero-order valence-corrected chi connectivity index (χ0v) is 22.9. The Hall–Kier alpha value is -4.56. The number of amidine groups is 1. The second kappa shape index (κ2) is 13.0. The summed E-state index contributed by atoms with van der Waals surface area (Å²) in [5, 5.41) is 17.5. The van der Waals surface area contributed by atoms with Crippen LogP contribution in [-0.2, 0) is 11.2 Å². The minimum absolute atomic E-state index is 0.105. The van der Waals surface area contributed by atoms with Gasteiger partial charge in [0.15, 0.2) is 11.9 Å². The Morgan fingerprint density at radius 1 is 1.02 bits per heavy atom. The molecule has 0 spiro atoms. The second-order valence-corrected chi connectivity index (χ2v) is 9.81. The lowest BCUT2D eigenvalue weighted by Crippen LogP contribution is -2.35. The van der Waals surface area contributed by atoms with Crippen molar-refractivity contribution in [3.05, 3.63) is 64.7 Å². The summed E-state index contributed by atoms with van der Waals surface area (Å²) in [6.45, 7) is 4.36. The average molecular weight is 547 g/mol. The topological polar surface area (TPSA) is 127 Å². The van der Waals surface area contributed by atoms with Gasteiger partial charge in [0.2, 0.25) is 0 Å². The van der Waals surface area contributed by atoms with Gasteiger partial charge in [-0.25, -0.2) is 4.79 Å². The van der Waals surface area contributed by atoms with Gasteiger partial charge in [-0.1, -0.05) is 17.0 Å². The third kappa shape index (κ3) is 6.90. The van der Waals surface area contributed by atoms with Crippen molar-refractivity contribution in [1.29, 1.82) is 0 Å². The van der Waals surface area contributed by atoms with Crippen LogP contribution >= 0.6 is 0 Å². The highest BCUT2D eigenvalue weighted by atomic mass is 16.5. The highest BCUT2D eigenvalue weighted by Crippen LogP contribution is 2.22. The number of rotatable bonds is 2. The maximum Gasteiger partial charge on any atom is 0.322 e. The molecule has 0 aliphatic carbocycles. The number of benzene rings is 2. The zero-order chi connectivity index (χ0) is 28.6. The van der Waals surface area contributed by atoms with Gasteiger partial charge < -0.3 is 30.0 Å². The number of imide groups is 1. The Morgan fingerprint density at radius 2 is 1.80 bits per heavy atom. The Labute approximate surface area is 233 Å². The third-order valence-corrected chi connectivity index (χ3v) is 7.00. The van der Waals surface area contributed by atoms with Crippen LogP contribution in [0, 0.1) is 11.8 Å². The Balaban J connectivity index is 0.000000222. The molecular weight excluding hydrogens is 512 g/mol. The molecule has 2 saturated heterocycles. The molecule has 0 bridgehead atoms. The molecule has 2 aromatic rings. The van der Waals surface area contributed by atoms with Crippen LogP contribution in [-0.4, -0.2) is 104 Å². The number of nitrogens with zero attached hydrogens (tertiary/aromatic N) is 4. The highest BCUT2D eigenvalue weighted by molar-refractivity contribution is 6.06. The number of urea groups is 1.